The van der Waals surface area contributed by atoms with E-state index in [1.807, 2.05) is 31.2 Å². The van der Waals surface area contributed by atoms with Gasteiger partial charge in [0.05, 0.1) is 24.8 Å². The minimum atomic E-state index is -0.393. The molecular formula is C22H24ClN3O3. The van der Waals surface area contributed by atoms with Crippen LogP contribution in [0.1, 0.15) is 13.3 Å². The van der Waals surface area contributed by atoms with E-state index < -0.39 is 6.04 Å². The summed E-state index contributed by atoms with van der Waals surface area (Å²) in [4.78, 5) is 31.3. The standard InChI is InChI=1S/C22H24ClN3O3/c1-2-29-19-8-6-17(7-9-19)26-21(27)15-20(22(26)28)25-12-10-24(11-13-25)18-5-3-4-16(23)14-18/h3-9,14,20H,2,10-13,15H2,1H3/t20-/m0/s1. The number of carbonyl (C=O) groups excluding carboxylic acids is 2. The molecule has 2 saturated heterocycles. The van der Waals surface area contributed by atoms with Crippen LogP contribution in [-0.2, 0) is 9.59 Å². The quantitative estimate of drug-likeness (QED) is 0.704. The molecule has 4 rings (SSSR count). The summed E-state index contributed by atoms with van der Waals surface area (Å²) >= 11 is 6.10. The van der Waals surface area contributed by atoms with E-state index in [0.29, 0.717) is 17.3 Å². The summed E-state index contributed by atoms with van der Waals surface area (Å²) in [6.07, 6.45) is 0.225. The van der Waals surface area contributed by atoms with Gasteiger partial charge in [-0.2, -0.15) is 0 Å². The predicted octanol–water partition coefficient (Wildman–Crippen LogP) is 3.19. The van der Waals surface area contributed by atoms with Crippen LogP contribution in [0.4, 0.5) is 11.4 Å². The Morgan fingerprint density at radius 1 is 1.00 bits per heavy atom. The normalized spacial score (nSPS) is 20.4. The molecule has 7 heteroatoms. The third-order valence-corrected chi connectivity index (χ3v) is 5.69. The summed E-state index contributed by atoms with van der Waals surface area (Å²) in [7, 11) is 0. The summed E-state index contributed by atoms with van der Waals surface area (Å²) in [5.74, 6) is 0.431. The van der Waals surface area contributed by atoms with Gasteiger partial charge in [0.1, 0.15) is 5.75 Å². The van der Waals surface area contributed by atoms with Gasteiger partial charge >= 0.3 is 0 Å². The van der Waals surface area contributed by atoms with Crippen LogP contribution < -0.4 is 14.5 Å². The number of hydrogen-bond donors (Lipinski definition) is 0. The van der Waals surface area contributed by atoms with Crippen LogP contribution in [0.25, 0.3) is 0 Å². The number of halogens is 1. The largest absolute Gasteiger partial charge is 0.494 e. The molecule has 0 aromatic heterocycles. The fourth-order valence-electron chi connectivity index (χ4n) is 4.00. The van der Waals surface area contributed by atoms with Crippen molar-refractivity contribution in [3.05, 3.63) is 53.6 Å². The SMILES string of the molecule is CCOc1ccc(N2C(=O)C[C@H](N3CCN(c4cccc(Cl)c4)CC3)C2=O)cc1. The molecule has 29 heavy (non-hydrogen) atoms. The van der Waals surface area contributed by atoms with Crippen LogP contribution in [-0.4, -0.2) is 55.5 Å². The smallest absolute Gasteiger partial charge is 0.251 e. The molecule has 2 aromatic rings. The van der Waals surface area contributed by atoms with E-state index in [0.717, 1.165) is 37.6 Å². The Kier molecular flexibility index (Phi) is 5.74. The second kappa shape index (κ2) is 8.43. The molecule has 152 valence electrons. The Hall–Kier alpha value is -2.57. The Balaban J connectivity index is 1.41. The Morgan fingerprint density at radius 2 is 1.72 bits per heavy atom. The summed E-state index contributed by atoms with van der Waals surface area (Å²) in [6.45, 7) is 5.53. The molecule has 2 fully saturated rings. The molecule has 2 aliphatic heterocycles. The lowest BCUT2D eigenvalue weighted by atomic mass is 10.1. The van der Waals surface area contributed by atoms with Crippen molar-refractivity contribution < 1.29 is 14.3 Å². The average Bonchev–Trinajstić information content (AvgIpc) is 3.03. The van der Waals surface area contributed by atoms with Gasteiger partial charge in [0.25, 0.3) is 5.91 Å². The van der Waals surface area contributed by atoms with E-state index >= 15 is 0 Å². The fourth-order valence-corrected chi connectivity index (χ4v) is 4.18. The highest BCUT2D eigenvalue weighted by atomic mass is 35.5. The molecule has 0 bridgehead atoms. The second-order valence-corrected chi connectivity index (χ2v) is 7.65. The molecule has 0 N–H and O–H groups in total. The maximum Gasteiger partial charge on any atom is 0.251 e. The zero-order chi connectivity index (χ0) is 20.4. The van der Waals surface area contributed by atoms with Gasteiger partial charge in [0.15, 0.2) is 0 Å². The van der Waals surface area contributed by atoms with Gasteiger partial charge in [-0.3, -0.25) is 14.5 Å². The summed E-state index contributed by atoms with van der Waals surface area (Å²) < 4.78 is 5.44. The van der Waals surface area contributed by atoms with Crippen molar-refractivity contribution in [3.8, 4) is 5.75 Å². The zero-order valence-electron chi connectivity index (χ0n) is 16.4. The fraction of sp³-hybridized carbons (Fsp3) is 0.364. The molecule has 0 unspecified atom stereocenters. The van der Waals surface area contributed by atoms with Crippen LogP contribution in [0, 0.1) is 0 Å². The number of hydrogen-bond acceptors (Lipinski definition) is 5. The number of ether oxygens (including phenoxy) is 1. The summed E-state index contributed by atoms with van der Waals surface area (Å²) in [5.41, 5.74) is 1.69. The van der Waals surface area contributed by atoms with E-state index in [9.17, 15) is 9.59 Å². The number of benzene rings is 2. The first-order chi connectivity index (χ1) is 14.1. The minimum Gasteiger partial charge on any atom is -0.494 e. The van der Waals surface area contributed by atoms with Gasteiger partial charge in [0.2, 0.25) is 5.91 Å². The molecule has 2 heterocycles. The molecule has 1 atom stereocenters. The molecule has 0 radical (unpaired) electrons. The number of piperazine rings is 1. The molecule has 2 amide bonds. The van der Waals surface area contributed by atoms with E-state index in [2.05, 4.69) is 9.80 Å². The highest BCUT2D eigenvalue weighted by Crippen LogP contribution is 2.29. The number of amides is 2. The van der Waals surface area contributed by atoms with Crippen molar-refractivity contribution in [2.45, 2.75) is 19.4 Å². The summed E-state index contributed by atoms with van der Waals surface area (Å²) in [5, 5.41) is 0.715. The van der Waals surface area contributed by atoms with Gasteiger partial charge in [-0.15, -0.1) is 0 Å². The first kappa shape index (κ1) is 19.7. The first-order valence-electron chi connectivity index (χ1n) is 9.91. The van der Waals surface area contributed by atoms with Crippen molar-refractivity contribution >= 4 is 34.8 Å². The maximum atomic E-state index is 13.0. The van der Waals surface area contributed by atoms with Crippen molar-refractivity contribution in [2.24, 2.45) is 0 Å². The first-order valence-corrected chi connectivity index (χ1v) is 10.3. The van der Waals surface area contributed by atoms with Gasteiger partial charge in [0, 0.05) is 36.9 Å². The lowest BCUT2D eigenvalue weighted by Gasteiger charge is -2.38. The molecule has 6 nitrogen and oxygen atoms in total. The van der Waals surface area contributed by atoms with Crippen molar-refractivity contribution in [2.75, 3.05) is 42.6 Å². The van der Waals surface area contributed by atoms with Crippen molar-refractivity contribution in [3.63, 3.8) is 0 Å². The second-order valence-electron chi connectivity index (χ2n) is 7.22. The third kappa shape index (κ3) is 4.09. The van der Waals surface area contributed by atoms with Crippen LogP contribution in [0.3, 0.4) is 0 Å². The molecule has 0 saturated carbocycles. The van der Waals surface area contributed by atoms with E-state index in [4.69, 9.17) is 16.3 Å². The minimum absolute atomic E-state index is 0.143. The number of carbonyl (C=O) groups is 2. The highest BCUT2D eigenvalue weighted by Gasteiger charge is 2.43. The van der Waals surface area contributed by atoms with E-state index in [1.54, 1.807) is 24.3 Å². The topological polar surface area (TPSA) is 53.1 Å². The molecular weight excluding hydrogens is 390 g/mol. The van der Waals surface area contributed by atoms with Gasteiger partial charge in [-0.1, -0.05) is 17.7 Å². The molecule has 2 aliphatic rings. The van der Waals surface area contributed by atoms with Crippen LogP contribution in [0.5, 0.6) is 5.75 Å². The van der Waals surface area contributed by atoms with Crippen LogP contribution in [0.2, 0.25) is 5.02 Å². The van der Waals surface area contributed by atoms with E-state index in [1.165, 1.54) is 4.90 Å². The van der Waals surface area contributed by atoms with Crippen molar-refractivity contribution in [1.82, 2.24) is 4.90 Å². The Bertz CT molecular complexity index is 894. The predicted molar refractivity (Wildman–Crippen MR) is 114 cm³/mol. The van der Waals surface area contributed by atoms with Crippen molar-refractivity contribution in [1.29, 1.82) is 0 Å². The Labute approximate surface area is 175 Å². The molecule has 2 aromatic carbocycles. The van der Waals surface area contributed by atoms with Gasteiger partial charge in [-0.05, 0) is 49.4 Å². The van der Waals surface area contributed by atoms with Gasteiger partial charge in [-0.25, -0.2) is 4.90 Å². The van der Waals surface area contributed by atoms with Crippen LogP contribution >= 0.6 is 11.6 Å². The lowest BCUT2D eigenvalue weighted by molar-refractivity contribution is -0.123. The number of anilines is 2. The third-order valence-electron chi connectivity index (χ3n) is 5.46. The maximum absolute atomic E-state index is 13.0. The average molecular weight is 414 g/mol. The van der Waals surface area contributed by atoms with Crippen LogP contribution in [0.15, 0.2) is 48.5 Å². The highest BCUT2D eigenvalue weighted by molar-refractivity contribution is 6.30. The zero-order valence-corrected chi connectivity index (χ0v) is 17.1. The monoisotopic (exact) mass is 413 g/mol. The number of imide groups is 1. The molecule has 0 spiro atoms. The number of nitrogens with zero attached hydrogens (tertiary/aromatic N) is 3. The van der Waals surface area contributed by atoms with Gasteiger partial charge < -0.3 is 9.64 Å². The van der Waals surface area contributed by atoms with E-state index in [-0.39, 0.29) is 18.2 Å². The molecule has 0 aliphatic carbocycles. The summed E-state index contributed by atoms with van der Waals surface area (Å²) in [6, 6.07) is 14.5. The Morgan fingerprint density at radius 3 is 2.38 bits per heavy atom. The number of rotatable bonds is 5. The lowest BCUT2D eigenvalue weighted by Crippen LogP contribution is -2.52.